The van der Waals surface area contributed by atoms with Gasteiger partial charge < -0.3 is 15.2 Å². The average molecular weight is 271 g/mol. The highest BCUT2D eigenvalue weighted by atomic mass is 16.5. The van der Waals surface area contributed by atoms with E-state index in [0.29, 0.717) is 19.0 Å². The van der Waals surface area contributed by atoms with Crippen LogP contribution in [0.4, 0.5) is 5.82 Å². The zero-order valence-electron chi connectivity index (χ0n) is 11.4. The second-order valence-electron chi connectivity index (χ2n) is 4.80. The third kappa shape index (κ3) is 2.44. The van der Waals surface area contributed by atoms with Crippen LogP contribution < -0.4 is 10.5 Å². The molecule has 104 valence electrons. The minimum absolute atomic E-state index is 0.124. The fourth-order valence-corrected chi connectivity index (χ4v) is 2.53. The normalized spacial score (nSPS) is 17.4. The van der Waals surface area contributed by atoms with E-state index in [9.17, 15) is 0 Å². The van der Waals surface area contributed by atoms with Gasteiger partial charge in [-0.15, -0.1) is 0 Å². The molecule has 2 aromatic rings. The van der Waals surface area contributed by atoms with Crippen molar-refractivity contribution in [2.75, 3.05) is 19.5 Å². The van der Waals surface area contributed by atoms with Crippen molar-refractivity contribution in [1.82, 2.24) is 9.97 Å². The Balaban J connectivity index is 2.01. The summed E-state index contributed by atoms with van der Waals surface area (Å²) in [6, 6.07) is 9.75. The number of anilines is 1. The van der Waals surface area contributed by atoms with Gasteiger partial charge in [0.1, 0.15) is 17.4 Å². The number of ether oxygens (including phenoxy) is 2. The van der Waals surface area contributed by atoms with E-state index in [1.807, 2.05) is 18.2 Å². The summed E-state index contributed by atoms with van der Waals surface area (Å²) in [7, 11) is 1.64. The molecule has 5 heteroatoms. The number of para-hydroxylation sites is 1. The molecular weight excluding hydrogens is 254 g/mol. The van der Waals surface area contributed by atoms with Crippen molar-refractivity contribution in [3.63, 3.8) is 0 Å². The molecule has 3 rings (SSSR count). The van der Waals surface area contributed by atoms with Crippen molar-refractivity contribution in [2.45, 2.75) is 18.9 Å². The molecule has 1 unspecified atom stereocenters. The van der Waals surface area contributed by atoms with Crippen molar-refractivity contribution >= 4 is 5.82 Å². The number of nitrogen functional groups attached to an aromatic ring is 1. The Morgan fingerprint density at radius 3 is 3.05 bits per heavy atom. The van der Waals surface area contributed by atoms with E-state index in [1.165, 1.54) is 0 Å². The molecule has 0 saturated carbocycles. The van der Waals surface area contributed by atoms with Gasteiger partial charge in [0.25, 0.3) is 0 Å². The third-order valence-electron chi connectivity index (χ3n) is 3.38. The quantitative estimate of drug-likeness (QED) is 0.926. The lowest BCUT2D eigenvalue weighted by molar-refractivity contribution is 0.181. The molecule has 1 aromatic carbocycles. The van der Waals surface area contributed by atoms with Crippen molar-refractivity contribution in [3.8, 4) is 5.75 Å². The van der Waals surface area contributed by atoms with Gasteiger partial charge in [-0.25, -0.2) is 9.97 Å². The van der Waals surface area contributed by atoms with Gasteiger partial charge in [0.05, 0.1) is 24.8 Å². The Hall–Kier alpha value is -2.14. The number of hydrogen-bond donors (Lipinski definition) is 1. The second kappa shape index (κ2) is 5.46. The number of nitrogens with zero attached hydrogens (tertiary/aromatic N) is 2. The van der Waals surface area contributed by atoms with Crippen LogP contribution in [0.5, 0.6) is 5.75 Å². The SMILES string of the molecule is COCc1cc(N)nc(C2CCOc3ccccc32)n1. The summed E-state index contributed by atoms with van der Waals surface area (Å²) in [5, 5.41) is 0. The predicted octanol–water partition coefficient (Wildman–Crippen LogP) is 2.12. The van der Waals surface area contributed by atoms with Gasteiger partial charge in [-0.05, 0) is 12.5 Å². The van der Waals surface area contributed by atoms with E-state index in [-0.39, 0.29) is 5.92 Å². The number of rotatable bonds is 3. The fraction of sp³-hybridized carbons (Fsp3) is 0.333. The smallest absolute Gasteiger partial charge is 0.138 e. The van der Waals surface area contributed by atoms with Crippen molar-refractivity contribution in [1.29, 1.82) is 0 Å². The first-order chi connectivity index (χ1) is 9.78. The largest absolute Gasteiger partial charge is 0.493 e. The summed E-state index contributed by atoms with van der Waals surface area (Å²) in [6.07, 6.45) is 0.854. The summed E-state index contributed by atoms with van der Waals surface area (Å²) < 4.78 is 10.8. The average Bonchev–Trinajstić information content (AvgIpc) is 2.46. The lowest BCUT2D eigenvalue weighted by atomic mass is 9.92. The summed E-state index contributed by atoms with van der Waals surface area (Å²) in [5.41, 5.74) is 7.80. The number of hydrogen-bond acceptors (Lipinski definition) is 5. The zero-order chi connectivity index (χ0) is 13.9. The van der Waals surface area contributed by atoms with Gasteiger partial charge in [0, 0.05) is 18.7 Å². The molecule has 0 saturated heterocycles. The van der Waals surface area contributed by atoms with Crippen LogP contribution >= 0.6 is 0 Å². The molecule has 2 N–H and O–H groups in total. The molecule has 0 radical (unpaired) electrons. The van der Waals surface area contributed by atoms with Gasteiger partial charge in [0.2, 0.25) is 0 Å². The van der Waals surface area contributed by atoms with Crippen LogP contribution in [-0.2, 0) is 11.3 Å². The van der Waals surface area contributed by atoms with Gasteiger partial charge in [0.15, 0.2) is 0 Å². The Morgan fingerprint density at radius 2 is 2.20 bits per heavy atom. The second-order valence-corrected chi connectivity index (χ2v) is 4.80. The molecule has 20 heavy (non-hydrogen) atoms. The molecule has 0 amide bonds. The summed E-state index contributed by atoms with van der Waals surface area (Å²) in [6.45, 7) is 1.10. The summed E-state index contributed by atoms with van der Waals surface area (Å²) >= 11 is 0. The van der Waals surface area contributed by atoms with Crippen LogP contribution in [0.1, 0.15) is 29.4 Å². The molecule has 1 aliphatic heterocycles. The van der Waals surface area contributed by atoms with Gasteiger partial charge in [-0.2, -0.15) is 0 Å². The lowest BCUT2D eigenvalue weighted by Crippen LogP contribution is -2.18. The highest BCUT2D eigenvalue weighted by Gasteiger charge is 2.25. The highest BCUT2D eigenvalue weighted by Crippen LogP contribution is 2.36. The van der Waals surface area contributed by atoms with E-state index in [1.54, 1.807) is 13.2 Å². The highest BCUT2D eigenvalue weighted by molar-refractivity contribution is 5.42. The first-order valence-corrected chi connectivity index (χ1v) is 6.62. The van der Waals surface area contributed by atoms with Gasteiger partial charge >= 0.3 is 0 Å². The number of aromatic nitrogens is 2. The van der Waals surface area contributed by atoms with Gasteiger partial charge in [-0.3, -0.25) is 0 Å². The minimum Gasteiger partial charge on any atom is -0.493 e. The molecule has 0 fully saturated rings. The van der Waals surface area contributed by atoms with Crippen LogP contribution in [0.2, 0.25) is 0 Å². The Kier molecular flexibility index (Phi) is 3.52. The number of nitrogens with two attached hydrogens (primary N) is 1. The Bertz CT molecular complexity index is 616. The minimum atomic E-state index is 0.124. The molecule has 0 bridgehead atoms. The summed E-state index contributed by atoms with van der Waals surface area (Å²) in [4.78, 5) is 8.97. The number of fused-ring (bicyclic) bond motifs is 1. The van der Waals surface area contributed by atoms with Crippen LogP contribution in [0.25, 0.3) is 0 Å². The molecule has 1 atom stereocenters. The first kappa shape index (κ1) is 12.9. The van der Waals surface area contributed by atoms with Crippen molar-refractivity contribution < 1.29 is 9.47 Å². The monoisotopic (exact) mass is 271 g/mol. The van der Waals surface area contributed by atoms with E-state index in [2.05, 4.69) is 16.0 Å². The molecule has 0 aliphatic carbocycles. The van der Waals surface area contributed by atoms with Crippen LogP contribution in [0, 0.1) is 0 Å². The molecular formula is C15H17N3O2. The fourth-order valence-electron chi connectivity index (χ4n) is 2.53. The van der Waals surface area contributed by atoms with E-state index in [4.69, 9.17) is 15.2 Å². The maximum Gasteiger partial charge on any atom is 0.138 e. The van der Waals surface area contributed by atoms with Gasteiger partial charge in [-0.1, -0.05) is 18.2 Å². The zero-order valence-corrected chi connectivity index (χ0v) is 11.4. The van der Waals surface area contributed by atoms with E-state index < -0.39 is 0 Å². The van der Waals surface area contributed by atoms with Crippen molar-refractivity contribution in [2.24, 2.45) is 0 Å². The van der Waals surface area contributed by atoms with E-state index >= 15 is 0 Å². The lowest BCUT2D eigenvalue weighted by Gasteiger charge is -2.25. The van der Waals surface area contributed by atoms with E-state index in [0.717, 1.165) is 29.3 Å². The maximum absolute atomic E-state index is 5.88. The number of benzene rings is 1. The Labute approximate surface area is 117 Å². The predicted molar refractivity (Wildman–Crippen MR) is 75.6 cm³/mol. The number of methoxy groups -OCH3 is 1. The van der Waals surface area contributed by atoms with Crippen LogP contribution in [0.15, 0.2) is 30.3 Å². The first-order valence-electron chi connectivity index (χ1n) is 6.62. The summed E-state index contributed by atoms with van der Waals surface area (Å²) in [5.74, 6) is 2.25. The molecule has 5 nitrogen and oxygen atoms in total. The van der Waals surface area contributed by atoms with Crippen molar-refractivity contribution in [3.05, 3.63) is 47.4 Å². The third-order valence-corrected chi connectivity index (χ3v) is 3.38. The van der Waals surface area contributed by atoms with Crippen LogP contribution in [-0.4, -0.2) is 23.7 Å². The standard InChI is InChI=1S/C15H17N3O2/c1-19-9-10-8-14(16)18-15(17-10)12-6-7-20-13-5-3-2-4-11(12)13/h2-5,8,12H,6-7,9H2,1H3,(H2,16,17,18). The topological polar surface area (TPSA) is 70.3 Å². The molecule has 2 heterocycles. The Morgan fingerprint density at radius 1 is 1.35 bits per heavy atom. The molecule has 1 aromatic heterocycles. The molecule has 0 spiro atoms. The van der Waals surface area contributed by atoms with Crippen LogP contribution in [0.3, 0.4) is 0 Å². The maximum atomic E-state index is 5.88. The molecule has 1 aliphatic rings.